The van der Waals surface area contributed by atoms with E-state index in [1.807, 2.05) is 6.92 Å². The van der Waals surface area contributed by atoms with E-state index in [0.717, 1.165) is 0 Å². The molecule has 0 aromatic carbocycles. The van der Waals surface area contributed by atoms with Crippen LogP contribution in [-0.4, -0.2) is 22.9 Å². The molecule has 0 fully saturated rings. The smallest absolute Gasteiger partial charge is 0.408 e. The molecular weight excluding hydrogens is 246 g/mol. The highest BCUT2D eigenvalue weighted by Gasteiger charge is 2.28. The fourth-order valence-corrected chi connectivity index (χ4v) is 1.64. The molecule has 0 saturated carbocycles. The van der Waals surface area contributed by atoms with Crippen LogP contribution in [0.25, 0.3) is 0 Å². The van der Waals surface area contributed by atoms with Gasteiger partial charge in [-0.25, -0.2) is 4.79 Å². The van der Waals surface area contributed by atoms with E-state index in [4.69, 9.17) is 9.15 Å². The largest absolute Gasteiger partial charge is 0.467 e. The molecule has 3 atom stereocenters. The van der Waals surface area contributed by atoms with Crippen LogP contribution in [0.5, 0.6) is 0 Å². The predicted molar refractivity (Wildman–Crippen MR) is 71.7 cm³/mol. The maximum absolute atomic E-state index is 11.8. The summed E-state index contributed by atoms with van der Waals surface area (Å²) in [6, 6.07) is 3.08. The van der Waals surface area contributed by atoms with E-state index in [-0.39, 0.29) is 5.92 Å². The van der Waals surface area contributed by atoms with Gasteiger partial charge >= 0.3 is 6.09 Å². The van der Waals surface area contributed by atoms with E-state index >= 15 is 0 Å². The molecule has 0 radical (unpaired) electrons. The average molecular weight is 269 g/mol. The molecule has 108 valence electrons. The zero-order valence-corrected chi connectivity index (χ0v) is 12.1. The minimum atomic E-state index is -0.579. The second-order valence-electron chi connectivity index (χ2n) is 5.74. The van der Waals surface area contributed by atoms with Gasteiger partial charge in [0.25, 0.3) is 0 Å². The van der Waals surface area contributed by atoms with Gasteiger partial charge in [0.15, 0.2) is 0 Å². The maximum atomic E-state index is 11.8. The standard InChI is InChI=1S/C14H23NO4/c1-9(10(2)16)12(11-7-6-8-18-11)15-13(17)19-14(3,4)5/h6-10,12,16H,1-5H3,(H,15,17)/t9-,10+,12-/m1/s1. The maximum Gasteiger partial charge on any atom is 0.408 e. The zero-order chi connectivity index (χ0) is 14.6. The summed E-state index contributed by atoms with van der Waals surface area (Å²) in [4.78, 5) is 11.8. The lowest BCUT2D eigenvalue weighted by Crippen LogP contribution is -2.39. The summed E-state index contributed by atoms with van der Waals surface area (Å²) >= 11 is 0. The first kappa shape index (κ1) is 15.6. The van der Waals surface area contributed by atoms with Crippen molar-refractivity contribution in [3.63, 3.8) is 0 Å². The Morgan fingerprint density at radius 3 is 2.47 bits per heavy atom. The number of furan rings is 1. The third-order valence-corrected chi connectivity index (χ3v) is 2.81. The summed E-state index contributed by atoms with van der Waals surface area (Å²) in [6.45, 7) is 8.92. The van der Waals surface area contributed by atoms with E-state index in [0.29, 0.717) is 5.76 Å². The number of aliphatic hydroxyl groups excluding tert-OH is 1. The second-order valence-corrected chi connectivity index (χ2v) is 5.74. The van der Waals surface area contributed by atoms with Gasteiger partial charge in [0, 0.05) is 5.92 Å². The van der Waals surface area contributed by atoms with Crippen molar-refractivity contribution in [2.24, 2.45) is 5.92 Å². The molecule has 1 heterocycles. The predicted octanol–water partition coefficient (Wildman–Crippen LogP) is 2.86. The molecule has 0 bridgehead atoms. The molecule has 0 unspecified atom stereocenters. The Balaban J connectivity index is 2.79. The first-order valence-corrected chi connectivity index (χ1v) is 6.41. The topological polar surface area (TPSA) is 71.7 Å². The Bertz CT molecular complexity index is 392. The Morgan fingerprint density at radius 1 is 1.42 bits per heavy atom. The summed E-state index contributed by atoms with van der Waals surface area (Å²) in [7, 11) is 0. The van der Waals surface area contributed by atoms with Gasteiger partial charge in [0.1, 0.15) is 11.4 Å². The molecule has 0 aliphatic carbocycles. The molecule has 5 heteroatoms. The number of alkyl carbamates (subject to hydrolysis) is 1. The monoisotopic (exact) mass is 269 g/mol. The third kappa shape index (κ3) is 4.95. The lowest BCUT2D eigenvalue weighted by Gasteiger charge is -2.27. The van der Waals surface area contributed by atoms with Crippen molar-refractivity contribution in [2.75, 3.05) is 0 Å². The normalized spacial score (nSPS) is 16.5. The van der Waals surface area contributed by atoms with E-state index < -0.39 is 23.8 Å². The van der Waals surface area contributed by atoms with Crippen LogP contribution in [0.4, 0.5) is 4.79 Å². The SMILES string of the molecule is C[C@H]([C@H](C)O)[C@@H](NC(=O)OC(C)(C)C)c1ccco1. The van der Waals surface area contributed by atoms with Crippen LogP contribution in [-0.2, 0) is 4.74 Å². The fourth-order valence-electron chi connectivity index (χ4n) is 1.64. The molecule has 0 spiro atoms. The van der Waals surface area contributed by atoms with Crippen LogP contribution < -0.4 is 5.32 Å². The number of carbonyl (C=O) groups excluding carboxylic acids is 1. The molecular formula is C14H23NO4. The van der Waals surface area contributed by atoms with E-state index in [2.05, 4.69) is 5.32 Å². The lowest BCUT2D eigenvalue weighted by molar-refractivity contribution is 0.0421. The van der Waals surface area contributed by atoms with Gasteiger partial charge in [-0.15, -0.1) is 0 Å². The van der Waals surface area contributed by atoms with Crippen LogP contribution in [0.2, 0.25) is 0 Å². The van der Waals surface area contributed by atoms with Crippen molar-refractivity contribution in [3.05, 3.63) is 24.2 Å². The zero-order valence-electron chi connectivity index (χ0n) is 12.1. The molecule has 19 heavy (non-hydrogen) atoms. The van der Waals surface area contributed by atoms with E-state index in [1.54, 1.807) is 39.8 Å². The summed E-state index contributed by atoms with van der Waals surface area (Å²) < 4.78 is 10.5. The van der Waals surface area contributed by atoms with Crippen molar-refractivity contribution in [3.8, 4) is 0 Å². The summed E-state index contributed by atoms with van der Waals surface area (Å²) in [5.74, 6) is 0.401. The number of nitrogens with one attached hydrogen (secondary N) is 1. The Morgan fingerprint density at radius 2 is 2.05 bits per heavy atom. The molecule has 0 saturated heterocycles. The highest BCUT2D eigenvalue weighted by atomic mass is 16.6. The first-order chi connectivity index (χ1) is 8.70. The number of rotatable bonds is 4. The van der Waals surface area contributed by atoms with Gasteiger partial charge in [-0.1, -0.05) is 6.92 Å². The van der Waals surface area contributed by atoms with Crippen molar-refractivity contribution < 1.29 is 19.1 Å². The van der Waals surface area contributed by atoms with Gasteiger partial charge in [-0.3, -0.25) is 0 Å². The molecule has 0 aliphatic rings. The van der Waals surface area contributed by atoms with Gasteiger partial charge < -0.3 is 19.6 Å². The Hall–Kier alpha value is -1.49. The Labute approximate surface area is 113 Å². The molecule has 0 aliphatic heterocycles. The van der Waals surface area contributed by atoms with E-state index in [9.17, 15) is 9.90 Å². The highest BCUT2D eigenvalue weighted by molar-refractivity contribution is 5.68. The number of aliphatic hydroxyl groups is 1. The number of carbonyl (C=O) groups is 1. The van der Waals surface area contributed by atoms with Gasteiger partial charge in [0.2, 0.25) is 0 Å². The summed E-state index contributed by atoms with van der Waals surface area (Å²) in [6.07, 6.45) is 0.430. The summed E-state index contributed by atoms with van der Waals surface area (Å²) in [5.41, 5.74) is -0.564. The second kappa shape index (κ2) is 6.10. The Kier molecular flexibility index (Phi) is 5.00. The minimum absolute atomic E-state index is 0.196. The first-order valence-electron chi connectivity index (χ1n) is 6.41. The summed E-state index contributed by atoms with van der Waals surface area (Å²) in [5, 5.41) is 12.4. The number of amides is 1. The van der Waals surface area contributed by atoms with Gasteiger partial charge in [-0.05, 0) is 39.8 Å². The van der Waals surface area contributed by atoms with E-state index in [1.165, 1.54) is 6.26 Å². The molecule has 2 N–H and O–H groups in total. The van der Waals surface area contributed by atoms with Crippen molar-refractivity contribution in [1.82, 2.24) is 5.32 Å². The fraction of sp³-hybridized carbons (Fsp3) is 0.643. The van der Waals surface area contributed by atoms with Crippen LogP contribution >= 0.6 is 0 Å². The van der Waals surface area contributed by atoms with Crippen molar-refractivity contribution >= 4 is 6.09 Å². The number of hydrogen-bond donors (Lipinski definition) is 2. The lowest BCUT2D eigenvalue weighted by atomic mass is 9.95. The quantitative estimate of drug-likeness (QED) is 0.881. The highest BCUT2D eigenvalue weighted by Crippen LogP contribution is 2.25. The molecule has 1 aromatic heterocycles. The third-order valence-electron chi connectivity index (χ3n) is 2.81. The molecule has 1 rings (SSSR count). The van der Waals surface area contributed by atoms with Crippen LogP contribution in [0.3, 0.4) is 0 Å². The average Bonchev–Trinajstić information content (AvgIpc) is 2.75. The van der Waals surface area contributed by atoms with Crippen LogP contribution in [0, 0.1) is 5.92 Å². The van der Waals surface area contributed by atoms with Crippen LogP contribution in [0.15, 0.2) is 22.8 Å². The van der Waals surface area contributed by atoms with Crippen molar-refractivity contribution in [2.45, 2.75) is 52.4 Å². The molecule has 5 nitrogen and oxygen atoms in total. The van der Waals surface area contributed by atoms with Gasteiger partial charge in [-0.2, -0.15) is 0 Å². The van der Waals surface area contributed by atoms with Crippen LogP contribution in [0.1, 0.15) is 46.4 Å². The molecule has 1 aromatic rings. The van der Waals surface area contributed by atoms with Crippen molar-refractivity contribution in [1.29, 1.82) is 0 Å². The number of ether oxygens (including phenoxy) is 1. The molecule has 1 amide bonds. The minimum Gasteiger partial charge on any atom is -0.467 e. The van der Waals surface area contributed by atoms with Gasteiger partial charge in [0.05, 0.1) is 18.4 Å². The number of hydrogen-bond acceptors (Lipinski definition) is 4.